The van der Waals surface area contributed by atoms with Gasteiger partial charge in [-0.15, -0.1) is 0 Å². The first-order valence-corrected chi connectivity index (χ1v) is 14.5. The number of hydrogen-bond donors (Lipinski definition) is 0. The van der Waals surface area contributed by atoms with E-state index >= 15 is 0 Å². The standard InChI is InChI=1S/C29H18Br4F2O4/c1-29(2,17-11-21(30)25(22(31)12-17)38-27(36)15-3-7-19(34)8-4-15)18-13-23(32)26(24(33)14-18)39-28(37)16-5-9-20(35)10-6-16/h3-14H,1-2H3. The Balaban J connectivity index is 1.59. The van der Waals surface area contributed by atoms with E-state index in [9.17, 15) is 18.4 Å². The van der Waals surface area contributed by atoms with Crippen LogP contribution in [0.5, 0.6) is 11.5 Å². The van der Waals surface area contributed by atoms with Gasteiger partial charge in [-0.05, 0) is 148 Å². The van der Waals surface area contributed by atoms with E-state index in [1.54, 1.807) is 0 Å². The molecule has 0 saturated heterocycles. The molecule has 0 N–H and O–H groups in total. The van der Waals surface area contributed by atoms with Crippen LogP contribution in [0, 0.1) is 11.6 Å². The Morgan fingerprint density at radius 1 is 0.590 bits per heavy atom. The van der Waals surface area contributed by atoms with Gasteiger partial charge in [0.2, 0.25) is 0 Å². The largest absolute Gasteiger partial charge is 0.421 e. The van der Waals surface area contributed by atoms with E-state index in [4.69, 9.17) is 9.47 Å². The van der Waals surface area contributed by atoms with Gasteiger partial charge in [-0.3, -0.25) is 0 Å². The number of hydrogen-bond acceptors (Lipinski definition) is 4. The summed E-state index contributed by atoms with van der Waals surface area (Å²) < 4.78 is 39.7. The lowest BCUT2D eigenvalue weighted by Crippen LogP contribution is -2.20. The highest BCUT2D eigenvalue weighted by molar-refractivity contribution is 9.11. The SMILES string of the molecule is CC(C)(c1cc(Br)c(OC(=O)c2ccc(F)cc2)c(Br)c1)c1cc(Br)c(OC(=O)c2ccc(F)cc2)c(Br)c1. The lowest BCUT2D eigenvalue weighted by atomic mass is 9.78. The summed E-state index contributed by atoms with van der Waals surface area (Å²) in [5.41, 5.74) is 1.66. The minimum Gasteiger partial charge on any atom is -0.421 e. The van der Waals surface area contributed by atoms with Crippen LogP contribution in [0.15, 0.2) is 90.7 Å². The first-order chi connectivity index (χ1) is 18.4. The lowest BCUT2D eigenvalue weighted by molar-refractivity contribution is 0.0722. The van der Waals surface area contributed by atoms with Gasteiger partial charge >= 0.3 is 11.9 Å². The molecule has 10 heteroatoms. The van der Waals surface area contributed by atoms with Crippen molar-refractivity contribution < 1.29 is 27.8 Å². The lowest BCUT2D eigenvalue weighted by Gasteiger charge is -2.28. The van der Waals surface area contributed by atoms with Crippen molar-refractivity contribution >= 4 is 75.7 Å². The van der Waals surface area contributed by atoms with Gasteiger partial charge < -0.3 is 9.47 Å². The van der Waals surface area contributed by atoms with Gasteiger partial charge in [-0.2, -0.15) is 0 Å². The third-order valence-electron chi connectivity index (χ3n) is 5.99. The van der Waals surface area contributed by atoms with E-state index in [-0.39, 0.29) is 22.6 Å². The minimum atomic E-state index is -0.623. The summed E-state index contributed by atoms with van der Waals surface area (Å²) in [6.45, 7) is 4.04. The number of ether oxygens (including phenoxy) is 2. The van der Waals surface area contributed by atoms with Gasteiger partial charge in [-0.25, -0.2) is 18.4 Å². The van der Waals surface area contributed by atoms with Crippen LogP contribution in [0.3, 0.4) is 0 Å². The molecule has 200 valence electrons. The zero-order valence-electron chi connectivity index (χ0n) is 20.3. The fourth-order valence-corrected chi connectivity index (χ4v) is 6.37. The molecule has 0 aliphatic rings. The van der Waals surface area contributed by atoms with Crippen molar-refractivity contribution in [1.82, 2.24) is 0 Å². The number of carbonyl (C=O) groups is 2. The molecule has 4 aromatic carbocycles. The van der Waals surface area contributed by atoms with E-state index in [1.165, 1.54) is 48.5 Å². The number of carbonyl (C=O) groups excluding carboxylic acids is 2. The van der Waals surface area contributed by atoms with Crippen molar-refractivity contribution in [3.63, 3.8) is 0 Å². The van der Waals surface area contributed by atoms with Gasteiger partial charge in [0, 0.05) is 5.41 Å². The predicted octanol–water partition coefficient (Wildman–Crippen LogP) is 9.78. The number of halogens is 6. The van der Waals surface area contributed by atoms with Gasteiger partial charge in [0.1, 0.15) is 11.6 Å². The number of rotatable bonds is 6. The number of benzene rings is 4. The van der Waals surface area contributed by atoms with Crippen LogP contribution in [0.2, 0.25) is 0 Å². The summed E-state index contributed by atoms with van der Waals surface area (Å²) in [5.74, 6) is -1.57. The summed E-state index contributed by atoms with van der Waals surface area (Å²) in [4.78, 5) is 25.1. The number of esters is 2. The van der Waals surface area contributed by atoms with E-state index in [0.29, 0.717) is 17.9 Å². The second kappa shape index (κ2) is 12.0. The van der Waals surface area contributed by atoms with Crippen LogP contribution in [-0.4, -0.2) is 11.9 Å². The molecule has 4 aromatic rings. The third kappa shape index (κ3) is 6.67. The highest BCUT2D eigenvalue weighted by atomic mass is 79.9. The molecule has 0 aliphatic heterocycles. The Kier molecular flexibility index (Phi) is 9.10. The van der Waals surface area contributed by atoms with Crippen LogP contribution in [-0.2, 0) is 5.41 Å². The van der Waals surface area contributed by atoms with E-state index in [0.717, 1.165) is 11.1 Å². The third-order valence-corrected chi connectivity index (χ3v) is 8.35. The first-order valence-electron chi connectivity index (χ1n) is 11.3. The molecular formula is C29H18Br4F2O4. The van der Waals surface area contributed by atoms with E-state index < -0.39 is 29.0 Å². The molecule has 0 aromatic heterocycles. The van der Waals surface area contributed by atoms with E-state index in [2.05, 4.69) is 63.7 Å². The molecule has 39 heavy (non-hydrogen) atoms. The smallest absolute Gasteiger partial charge is 0.343 e. The van der Waals surface area contributed by atoms with Crippen LogP contribution in [0.4, 0.5) is 8.78 Å². The predicted molar refractivity (Wildman–Crippen MR) is 159 cm³/mol. The van der Waals surface area contributed by atoms with Crippen LogP contribution in [0.1, 0.15) is 45.7 Å². The van der Waals surface area contributed by atoms with Crippen molar-refractivity contribution in [2.24, 2.45) is 0 Å². The second-order valence-corrected chi connectivity index (χ2v) is 12.4. The molecule has 0 fully saturated rings. The molecular weight excluding hydrogens is 770 g/mol. The molecule has 0 radical (unpaired) electrons. The normalized spacial score (nSPS) is 11.3. The Labute approximate surface area is 257 Å². The maximum atomic E-state index is 13.2. The molecule has 0 heterocycles. The Hall–Kier alpha value is -2.40. The second-order valence-electron chi connectivity index (χ2n) is 8.96. The molecule has 4 nitrogen and oxygen atoms in total. The van der Waals surface area contributed by atoms with Crippen molar-refractivity contribution in [3.05, 3.63) is 125 Å². The molecule has 0 unspecified atom stereocenters. The van der Waals surface area contributed by atoms with Crippen LogP contribution >= 0.6 is 63.7 Å². The van der Waals surface area contributed by atoms with Crippen LogP contribution in [0.25, 0.3) is 0 Å². The zero-order chi connectivity index (χ0) is 28.5. The Bertz CT molecular complexity index is 1410. The van der Waals surface area contributed by atoms with Gasteiger partial charge in [-0.1, -0.05) is 13.8 Å². The Morgan fingerprint density at radius 2 is 0.872 bits per heavy atom. The average molecular weight is 788 g/mol. The fraction of sp³-hybridized carbons (Fsp3) is 0.103. The molecule has 0 atom stereocenters. The summed E-state index contributed by atoms with van der Waals surface area (Å²) in [6.07, 6.45) is 0. The van der Waals surface area contributed by atoms with Gasteiger partial charge in [0.15, 0.2) is 11.5 Å². The zero-order valence-corrected chi connectivity index (χ0v) is 26.7. The first kappa shape index (κ1) is 29.6. The molecule has 0 spiro atoms. The van der Waals surface area contributed by atoms with Crippen molar-refractivity contribution in [3.8, 4) is 11.5 Å². The topological polar surface area (TPSA) is 52.6 Å². The monoisotopic (exact) mass is 784 g/mol. The molecule has 0 aliphatic carbocycles. The summed E-state index contributed by atoms with van der Waals surface area (Å²) in [5, 5.41) is 0. The van der Waals surface area contributed by atoms with Crippen molar-refractivity contribution in [1.29, 1.82) is 0 Å². The summed E-state index contributed by atoms with van der Waals surface area (Å²) in [7, 11) is 0. The Morgan fingerprint density at radius 3 is 1.15 bits per heavy atom. The minimum absolute atomic E-state index is 0.217. The van der Waals surface area contributed by atoms with Gasteiger partial charge in [0.05, 0.1) is 29.0 Å². The molecule has 0 bridgehead atoms. The molecule has 0 amide bonds. The maximum Gasteiger partial charge on any atom is 0.343 e. The summed E-state index contributed by atoms with van der Waals surface area (Å²) in [6, 6.07) is 17.6. The van der Waals surface area contributed by atoms with Gasteiger partial charge in [0.25, 0.3) is 0 Å². The van der Waals surface area contributed by atoms with Crippen molar-refractivity contribution in [2.45, 2.75) is 19.3 Å². The highest BCUT2D eigenvalue weighted by Crippen LogP contribution is 2.44. The summed E-state index contributed by atoms with van der Waals surface area (Å²) >= 11 is 14.0. The quantitative estimate of drug-likeness (QED) is 0.144. The maximum absolute atomic E-state index is 13.2. The fourth-order valence-electron chi connectivity index (χ4n) is 3.68. The highest BCUT2D eigenvalue weighted by Gasteiger charge is 2.28. The molecule has 4 rings (SSSR count). The molecule has 0 saturated carbocycles. The van der Waals surface area contributed by atoms with Crippen molar-refractivity contribution in [2.75, 3.05) is 0 Å². The van der Waals surface area contributed by atoms with Crippen LogP contribution < -0.4 is 9.47 Å². The van der Waals surface area contributed by atoms with E-state index in [1.807, 2.05) is 38.1 Å². The average Bonchev–Trinajstić information content (AvgIpc) is 2.88.